The van der Waals surface area contributed by atoms with Crippen molar-refractivity contribution in [3.8, 4) is 0 Å². The van der Waals surface area contributed by atoms with Crippen molar-refractivity contribution in [2.75, 3.05) is 13.1 Å². The van der Waals surface area contributed by atoms with E-state index in [-0.39, 0.29) is 0 Å². The van der Waals surface area contributed by atoms with E-state index in [1.807, 2.05) is 30.3 Å². The molecule has 0 aliphatic carbocycles. The van der Waals surface area contributed by atoms with Gasteiger partial charge in [-0.05, 0) is 43.1 Å². The van der Waals surface area contributed by atoms with Crippen LogP contribution in [-0.4, -0.2) is 18.2 Å². The summed E-state index contributed by atoms with van der Waals surface area (Å²) in [4.78, 5) is 0. The summed E-state index contributed by atoms with van der Waals surface area (Å²) in [5, 5.41) is 13.5. The number of halogens is 2. The average Bonchev–Trinajstić information content (AvgIpc) is 2.44. The van der Waals surface area contributed by atoms with E-state index < -0.39 is 17.2 Å². The van der Waals surface area contributed by atoms with Gasteiger partial charge < -0.3 is 10.4 Å². The molecule has 1 unspecified atom stereocenters. The molecule has 0 bridgehead atoms. The van der Waals surface area contributed by atoms with Crippen LogP contribution in [0.5, 0.6) is 0 Å². The van der Waals surface area contributed by atoms with Gasteiger partial charge in [0.2, 0.25) is 0 Å². The lowest BCUT2D eigenvalue weighted by molar-refractivity contribution is 0.0573. The van der Waals surface area contributed by atoms with Crippen LogP contribution < -0.4 is 5.32 Å². The zero-order valence-electron chi connectivity index (χ0n) is 11.9. The Morgan fingerprint density at radius 2 is 1.67 bits per heavy atom. The number of hydrogen-bond donors (Lipinski definition) is 2. The Labute approximate surface area is 123 Å². The molecule has 0 saturated heterocycles. The topological polar surface area (TPSA) is 32.3 Å². The number of aliphatic hydroxyl groups is 1. The second-order valence-corrected chi connectivity index (χ2v) is 5.34. The van der Waals surface area contributed by atoms with Gasteiger partial charge in [-0.25, -0.2) is 8.78 Å². The minimum absolute atomic E-state index is 0.370. The summed E-state index contributed by atoms with van der Waals surface area (Å²) in [7, 11) is 0. The highest BCUT2D eigenvalue weighted by molar-refractivity contribution is 5.22. The van der Waals surface area contributed by atoms with E-state index in [0.29, 0.717) is 25.1 Å². The van der Waals surface area contributed by atoms with Crippen LogP contribution in [0.3, 0.4) is 0 Å². The summed E-state index contributed by atoms with van der Waals surface area (Å²) in [6, 6.07) is 12.9. The zero-order valence-corrected chi connectivity index (χ0v) is 11.9. The molecule has 2 nitrogen and oxygen atoms in total. The second-order valence-electron chi connectivity index (χ2n) is 5.34. The van der Waals surface area contributed by atoms with Crippen molar-refractivity contribution in [3.05, 3.63) is 71.3 Å². The molecule has 1 atom stereocenters. The van der Waals surface area contributed by atoms with Crippen LogP contribution in [0.1, 0.15) is 18.1 Å². The summed E-state index contributed by atoms with van der Waals surface area (Å²) in [6.45, 7) is 2.64. The van der Waals surface area contributed by atoms with Crippen LogP contribution in [0.15, 0.2) is 48.5 Å². The molecule has 112 valence electrons. The largest absolute Gasteiger partial charge is 0.384 e. The molecular weight excluding hydrogens is 272 g/mol. The van der Waals surface area contributed by atoms with Crippen LogP contribution >= 0.6 is 0 Å². The van der Waals surface area contributed by atoms with E-state index in [1.165, 1.54) is 12.1 Å². The molecule has 2 rings (SSSR count). The van der Waals surface area contributed by atoms with Gasteiger partial charge in [-0.15, -0.1) is 0 Å². The summed E-state index contributed by atoms with van der Waals surface area (Å²) >= 11 is 0. The summed E-state index contributed by atoms with van der Waals surface area (Å²) in [5.41, 5.74) is 0.447. The van der Waals surface area contributed by atoms with Crippen LogP contribution in [-0.2, 0) is 12.0 Å². The lowest BCUT2D eigenvalue weighted by atomic mass is 9.96. The molecule has 0 saturated carbocycles. The van der Waals surface area contributed by atoms with Crippen LogP contribution in [0, 0.1) is 11.6 Å². The van der Waals surface area contributed by atoms with Crippen molar-refractivity contribution in [2.24, 2.45) is 0 Å². The first kappa shape index (κ1) is 15.6. The predicted molar refractivity (Wildman–Crippen MR) is 78.9 cm³/mol. The Balaban J connectivity index is 1.84. The van der Waals surface area contributed by atoms with E-state index in [1.54, 1.807) is 6.92 Å². The van der Waals surface area contributed by atoms with E-state index in [0.717, 1.165) is 11.6 Å². The van der Waals surface area contributed by atoms with E-state index in [9.17, 15) is 13.9 Å². The minimum Gasteiger partial charge on any atom is -0.384 e. The maximum atomic E-state index is 13.0. The van der Waals surface area contributed by atoms with Crippen molar-refractivity contribution in [1.29, 1.82) is 0 Å². The lowest BCUT2D eigenvalue weighted by Gasteiger charge is -2.24. The van der Waals surface area contributed by atoms with Crippen molar-refractivity contribution >= 4 is 0 Å². The average molecular weight is 291 g/mol. The van der Waals surface area contributed by atoms with Gasteiger partial charge >= 0.3 is 0 Å². The van der Waals surface area contributed by atoms with Gasteiger partial charge in [-0.1, -0.05) is 30.3 Å². The maximum Gasteiger partial charge on any atom is 0.126 e. The SMILES string of the molecule is CC(O)(CNCCc1cc(F)cc(F)c1)c1ccccc1. The number of benzene rings is 2. The van der Waals surface area contributed by atoms with E-state index in [2.05, 4.69) is 5.32 Å². The highest BCUT2D eigenvalue weighted by Gasteiger charge is 2.21. The molecule has 0 fully saturated rings. The smallest absolute Gasteiger partial charge is 0.126 e. The van der Waals surface area contributed by atoms with Gasteiger partial charge in [0.05, 0.1) is 5.60 Å². The minimum atomic E-state index is -0.978. The molecule has 0 radical (unpaired) electrons. The number of nitrogens with one attached hydrogen (secondary N) is 1. The third kappa shape index (κ3) is 4.62. The Bertz CT molecular complexity index is 564. The fourth-order valence-electron chi connectivity index (χ4n) is 2.22. The zero-order chi connectivity index (χ0) is 15.3. The summed E-state index contributed by atoms with van der Waals surface area (Å²) < 4.78 is 26.1. The quantitative estimate of drug-likeness (QED) is 0.802. The first-order valence-corrected chi connectivity index (χ1v) is 6.91. The van der Waals surface area contributed by atoms with Crippen molar-refractivity contribution in [1.82, 2.24) is 5.32 Å². The van der Waals surface area contributed by atoms with Gasteiger partial charge in [0, 0.05) is 12.6 Å². The summed E-state index contributed by atoms with van der Waals surface area (Å²) in [6.07, 6.45) is 0.500. The molecule has 2 N–H and O–H groups in total. The first-order chi connectivity index (χ1) is 9.97. The Morgan fingerprint density at radius 3 is 2.29 bits per heavy atom. The van der Waals surface area contributed by atoms with Gasteiger partial charge in [-0.3, -0.25) is 0 Å². The molecule has 21 heavy (non-hydrogen) atoms. The molecule has 0 aliphatic rings. The molecule has 0 aromatic heterocycles. The Hall–Kier alpha value is -1.78. The van der Waals surface area contributed by atoms with Crippen molar-refractivity contribution < 1.29 is 13.9 Å². The van der Waals surface area contributed by atoms with Crippen molar-refractivity contribution in [3.63, 3.8) is 0 Å². The molecule has 0 amide bonds. The van der Waals surface area contributed by atoms with Gasteiger partial charge in [0.1, 0.15) is 11.6 Å². The first-order valence-electron chi connectivity index (χ1n) is 6.91. The van der Waals surface area contributed by atoms with Gasteiger partial charge in [-0.2, -0.15) is 0 Å². The molecule has 0 heterocycles. The van der Waals surface area contributed by atoms with Crippen LogP contribution in [0.4, 0.5) is 8.78 Å². The maximum absolute atomic E-state index is 13.0. The predicted octanol–water partition coefficient (Wildman–Crippen LogP) is 3.00. The fourth-order valence-corrected chi connectivity index (χ4v) is 2.22. The monoisotopic (exact) mass is 291 g/mol. The molecule has 2 aromatic rings. The second kappa shape index (κ2) is 6.78. The third-order valence-corrected chi connectivity index (χ3v) is 3.38. The fraction of sp³-hybridized carbons (Fsp3) is 0.294. The Kier molecular flexibility index (Phi) is 5.04. The molecule has 2 aromatic carbocycles. The normalized spacial score (nSPS) is 13.9. The number of hydrogen-bond acceptors (Lipinski definition) is 2. The molecular formula is C17H19F2NO. The highest BCUT2D eigenvalue weighted by Crippen LogP contribution is 2.18. The molecule has 0 aliphatic heterocycles. The van der Waals surface area contributed by atoms with E-state index >= 15 is 0 Å². The van der Waals surface area contributed by atoms with Crippen LogP contribution in [0.25, 0.3) is 0 Å². The Morgan fingerprint density at radius 1 is 1.05 bits per heavy atom. The standard InChI is InChI=1S/C17H19F2NO/c1-17(21,14-5-3-2-4-6-14)12-20-8-7-13-9-15(18)11-16(19)10-13/h2-6,9-11,20-21H,7-8,12H2,1H3. The van der Waals surface area contributed by atoms with Gasteiger partial charge in [0.25, 0.3) is 0 Å². The van der Waals surface area contributed by atoms with Crippen LogP contribution in [0.2, 0.25) is 0 Å². The number of rotatable bonds is 6. The third-order valence-electron chi connectivity index (χ3n) is 3.38. The molecule has 4 heteroatoms. The van der Waals surface area contributed by atoms with Crippen molar-refractivity contribution in [2.45, 2.75) is 18.9 Å². The molecule has 0 spiro atoms. The van der Waals surface area contributed by atoms with Gasteiger partial charge in [0.15, 0.2) is 0 Å². The summed E-state index contributed by atoms with van der Waals surface area (Å²) in [5.74, 6) is -1.14. The lowest BCUT2D eigenvalue weighted by Crippen LogP contribution is -2.36. The highest BCUT2D eigenvalue weighted by atomic mass is 19.1. The van der Waals surface area contributed by atoms with E-state index in [4.69, 9.17) is 0 Å².